The summed E-state index contributed by atoms with van der Waals surface area (Å²) in [7, 11) is 0. The standard InChI is InChI=1S/C23H19N3/c1-16-15-18-8-3-5-12-22(18)26(16)23-24-14-13-21(25-23)20-11-6-9-17-7-2-4-10-19(17)20/h2-14,16H,15H2,1H3. The zero-order valence-corrected chi connectivity index (χ0v) is 14.6. The van der Waals surface area contributed by atoms with Crippen molar-refractivity contribution in [3.63, 3.8) is 0 Å². The van der Waals surface area contributed by atoms with Crippen LogP contribution in [-0.4, -0.2) is 16.0 Å². The summed E-state index contributed by atoms with van der Waals surface area (Å²) in [5, 5.41) is 2.44. The molecule has 1 atom stereocenters. The van der Waals surface area contributed by atoms with Gasteiger partial charge in [-0.25, -0.2) is 9.97 Å². The molecule has 0 N–H and O–H groups in total. The van der Waals surface area contributed by atoms with Crippen LogP contribution in [0.5, 0.6) is 0 Å². The van der Waals surface area contributed by atoms with Crippen LogP contribution >= 0.6 is 0 Å². The van der Waals surface area contributed by atoms with Gasteiger partial charge in [0, 0.05) is 23.5 Å². The molecule has 26 heavy (non-hydrogen) atoms. The lowest BCUT2D eigenvalue weighted by molar-refractivity contribution is 0.740. The number of rotatable bonds is 2. The van der Waals surface area contributed by atoms with Gasteiger partial charge in [0.05, 0.1) is 5.69 Å². The van der Waals surface area contributed by atoms with Crippen LogP contribution < -0.4 is 4.90 Å². The first kappa shape index (κ1) is 15.1. The van der Waals surface area contributed by atoms with Crippen molar-refractivity contribution in [3.05, 3.63) is 84.6 Å². The van der Waals surface area contributed by atoms with E-state index in [-0.39, 0.29) is 0 Å². The Morgan fingerprint density at radius 3 is 2.65 bits per heavy atom. The van der Waals surface area contributed by atoms with Crippen LogP contribution in [0.4, 0.5) is 11.6 Å². The zero-order valence-electron chi connectivity index (χ0n) is 14.6. The lowest BCUT2D eigenvalue weighted by atomic mass is 10.0. The molecule has 0 bridgehead atoms. The van der Waals surface area contributed by atoms with Crippen molar-refractivity contribution >= 4 is 22.4 Å². The van der Waals surface area contributed by atoms with Crippen molar-refractivity contribution in [2.45, 2.75) is 19.4 Å². The van der Waals surface area contributed by atoms with E-state index in [9.17, 15) is 0 Å². The first-order chi connectivity index (χ1) is 12.8. The topological polar surface area (TPSA) is 29.0 Å². The van der Waals surface area contributed by atoms with Crippen LogP contribution in [0.25, 0.3) is 22.0 Å². The monoisotopic (exact) mass is 337 g/mol. The van der Waals surface area contributed by atoms with Crippen LogP contribution in [0.2, 0.25) is 0 Å². The van der Waals surface area contributed by atoms with E-state index in [1.807, 2.05) is 12.3 Å². The second-order valence-electron chi connectivity index (χ2n) is 6.82. The number of hydrogen-bond donors (Lipinski definition) is 0. The third-order valence-electron chi connectivity index (χ3n) is 5.13. The Morgan fingerprint density at radius 1 is 0.885 bits per heavy atom. The summed E-state index contributed by atoms with van der Waals surface area (Å²) < 4.78 is 0. The third kappa shape index (κ3) is 2.36. The fraction of sp³-hybridized carbons (Fsp3) is 0.130. The van der Waals surface area contributed by atoms with Gasteiger partial charge < -0.3 is 4.90 Å². The molecule has 1 aliphatic rings. The van der Waals surface area contributed by atoms with Gasteiger partial charge in [0.15, 0.2) is 0 Å². The van der Waals surface area contributed by atoms with Crippen molar-refractivity contribution in [2.24, 2.45) is 0 Å². The van der Waals surface area contributed by atoms with Crippen LogP contribution in [0, 0.1) is 0 Å². The van der Waals surface area contributed by atoms with E-state index in [0.717, 1.165) is 23.6 Å². The van der Waals surface area contributed by atoms with E-state index >= 15 is 0 Å². The molecule has 1 aliphatic heterocycles. The minimum Gasteiger partial charge on any atom is -0.307 e. The van der Waals surface area contributed by atoms with Gasteiger partial charge in [0.2, 0.25) is 5.95 Å². The molecule has 5 rings (SSSR count). The molecule has 3 nitrogen and oxygen atoms in total. The number of anilines is 2. The molecule has 126 valence electrons. The van der Waals surface area contributed by atoms with Gasteiger partial charge in [0.25, 0.3) is 0 Å². The number of para-hydroxylation sites is 1. The van der Waals surface area contributed by atoms with Crippen molar-refractivity contribution in [2.75, 3.05) is 4.90 Å². The summed E-state index contributed by atoms with van der Waals surface area (Å²) in [6, 6.07) is 25.7. The van der Waals surface area contributed by atoms with Gasteiger partial charge in [-0.1, -0.05) is 60.7 Å². The molecular weight excluding hydrogens is 318 g/mol. The van der Waals surface area contributed by atoms with E-state index < -0.39 is 0 Å². The van der Waals surface area contributed by atoms with E-state index in [4.69, 9.17) is 4.98 Å². The fourth-order valence-electron chi connectivity index (χ4n) is 3.93. The maximum atomic E-state index is 4.94. The molecular formula is C23H19N3. The van der Waals surface area contributed by atoms with Crippen molar-refractivity contribution < 1.29 is 0 Å². The summed E-state index contributed by atoms with van der Waals surface area (Å²) >= 11 is 0. The minimum atomic E-state index is 0.357. The van der Waals surface area contributed by atoms with Gasteiger partial charge >= 0.3 is 0 Å². The Kier molecular flexibility index (Phi) is 3.45. The Labute approximate surface area is 153 Å². The lowest BCUT2D eigenvalue weighted by Gasteiger charge is -2.23. The van der Waals surface area contributed by atoms with Gasteiger partial charge in [-0.05, 0) is 41.8 Å². The highest BCUT2D eigenvalue weighted by atomic mass is 15.3. The van der Waals surface area contributed by atoms with E-state index in [2.05, 4.69) is 83.5 Å². The van der Waals surface area contributed by atoms with Gasteiger partial charge in [0.1, 0.15) is 0 Å². The molecule has 0 amide bonds. The van der Waals surface area contributed by atoms with Crippen LogP contribution in [-0.2, 0) is 6.42 Å². The van der Waals surface area contributed by atoms with Crippen molar-refractivity contribution in [1.29, 1.82) is 0 Å². The molecule has 4 aromatic rings. The van der Waals surface area contributed by atoms with E-state index in [0.29, 0.717) is 6.04 Å². The van der Waals surface area contributed by atoms with E-state index in [1.54, 1.807) is 0 Å². The Balaban J connectivity index is 1.64. The second kappa shape index (κ2) is 5.95. The maximum absolute atomic E-state index is 4.94. The summed E-state index contributed by atoms with van der Waals surface area (Å²) in [6.45, 7) is 2.23. The fourth-order valence-corrected chi connectivity index (χ4v) is 3.93. The summed E-state index contributed by atoms with van der Waals surface area (Å²) in [5.41, 5.74) is 4.68. The first-order valence-corrected chi connectivity index (χ1v) is 8.99. The highest BCUT2D eigenvalue weighted by Crippen LogP contribution is 2.37. The smallest absolute Gasteiger partial charge is 0.230 e. The van der Waals surface area contributed by atoms with Gasteiger partial charge in [-0.15, -0.1) is 0 Å². The molecule has 1 unspecified atom stereocenters. The molecule has 0 saturated carbocycles. The van der Waals surface area contributed by atoms with Crippen molar-refractivity contribution in [1.82, 2.24) is 9.97 Å². The number of hydrogen-bond acceptors (Lipinski definition) is 3. The number of benzene rings is 3. The predicted molar refractivity (Wildman–Crippen MR) is 107 cm³/mol. The molecule has 0 saturated heterocycles. The predicted octanol–water partition coefficient (Wildman–Crippen LogP) is 5.38. The highest BCUT2D eigenvalue weighted by Gasteiger charge is 2.28. The van der Waals surface area contributed by atoms with Gasteiger partial charge in [-0.3, -0.25) is 0 Å². The van der Waals surface area contributed by atoms with E-state index in [1.165, 1.54) is 22.0 Å². The van der Waals surface area contributed by atoms with Crippen LogP contribution in [0.1, 0.15) is 12.5 Å². The summed E-state index contributed by atoms with van der Waals surface area (Å²) in [6.07, 6.45) is 2.89. The average molecular weight is 337 g/mol. The molecule has 0 spiro atoms. The number of aromatic nitrogens is 2. The quantitative estimate of drug-likeness (QED) is 0.492. The summed E-state index contributed by atoms with van der Waals surface area (Å²) in [5.74, 6) is 0.771. The normalized spacial score (nSPS) is 16.0. The Morgan fingerprint density at radius 2 is 1.69 bits per heavy atom. The molecule has 2 heterocycles. The molecule has 0 fully saturated rings. The molecule has 0 aliphatic carbocycles. The second-order valence-corrected chi connectivity index (χ2v) is 6.82. The van der Waals surface area contributed by atoms with Gasteiger partial charge in [-0.2, -0.15) is 0 Å². The molecule has 3 heteroatoms. The summed E-state index contributed by atoms with van der Waals surface area (Å²) in [4.78, 5) is 11.8. The first-order valence-electron chi connectivity index (χ1n) is 8.99. The largest absolute Gasteiger partial charge is 0.307 e. The minimum absolute atomic E-state index is 0.357. The Bertz CT molecular complexity index is 1100. The SMILES string of the molecule is CC1Cc2ccccc2N1c1nccc(-c2cccc3ccccc23)n1. The van der Waals surface area contributed by atoms with Crippen molar-refractivity contribution in [3.8, 4) is 11.3 Å². The lowest BCUT2D eigenvalue weighted by Crippen LogP contribution is -2.25. The molecule has 0 radical (unpaired) electrons. The molecule has 1 aromatic heterocycles. The van der Waals surface area contributed by atoms with Crippen LogP contribution in [0.15, 0.2) is 79.0 Å². The third-order valence-corrected chi connectivity index (χ3v) is 5.13. The number of nitrogens with zero attached hydrogens (tertiary/aromatic N) is 3. The zero-order chi connectivity index (χ0) is 17.5. The molecule has 3 aromatic carbocycles. The average Bonchev–Trinajstić information content (AvgIpc) is 3.03. The highest BCUT2D eigenvalue weighted by molar-refractivity contribution is 5.95. The maximum Gasteiger partial charge on any atom is 0.230 e. The van der Waals surface area contributed by atoms with Crippen LogP contribution in [0.3, 0.4) is 0 Å². The number of fused-ring (bicyclic) bond motifs is 2. The Hall–Kier alpha value is -3.20.